The molecule has 0 radical (unpaired) electrons. The summed E-state index contributed by atoms with van der Waals surface area (Å²) < 4.78 is 70.9. The van der Waals surface area contributed by atoms with Gasteiger partial charge in [0.1, 0.15) is 17.5 Å². The van der Waals surface area contributed by atoms with Crippen molar-refractivity contribution < 1.29 is 22.0 Å². The summed E-state index contributed by atoms with van der Waals surface area (Å²) in [6.45, 7) is 2.09. The maximum absolute atomic E-state index is 14.7. The van der Waals surface area contributed by atoms with Crippen LogP contribution in [0.1, 0.15) is 42.9 Å². The normalized spacial score (nSPS) is 10.9. The molecule has 0 atom stereocenters. The Labute approximate surface area is 195 Å². The van der Waals surface area contributed by atoms with Crippen molar-refractivity contribution in [2.45, 2.75) is 32.6 Å². The maximum atomic E-state index is 14.7. The van der Waals surface area contributed by atoms with Gasteiger partial charge in [0, 0.05) is 11.1 Å². The van der Waals surface area contributed by atoms with E-state index >= 15 is 0 Å². The third kappa shape index (κ3) is 5.12. The van der Waals surface area contributed by atoms with Crippen molar-refractivity contribution in [1.82, 2.24) is 0 Å². The van der Waals surface area contributed by atoms with Crippen LogP contribution in [0.4, 0.5) is 22.0 Å². The molecule has 34 heavy (non-hydrogen) atoms. The highest BCUT2D eigenvalue weighted by Crippen LogP contribution is 2.28. The van der Waals surface area contributed by atoms with Crippen LogP contribution in [0, 0.1) is 40.9 Å². The monoisotopic (exact) mass is 464 g/mol. The van der Waals surface area contributed by atoms with Crippen LogP contribution in [-0.2, 0) is 6.42 Å². The van der Waals surface area contributed by atoms with Gasteiger partial charge in [0.25, 0.3) is 0 Å². The van der Waals surface area contributed by atoms with Gasteiger partial charge >= 0.3 is 0 Å². The molecule has 0 heterocycles. The standard InChI is InChI=1S/C29H21F5/c1-2-3-4-5-18-7-10-23(25(30)13-18)22-16-26(31)24(27(32)17-22)11-8-19-6-9-20-14-28(33)29(34)15-21(20)12-19/h6-7,9-10,12-17H,2-5H2,1H3. The summed E-state index contributed by atoms with van der Waals surface area (Å²) in [5, 5.41) is 0.889. The highest BCUT2D eigenvalue weighted by molar-refractivity contribution is 5.84. The van der Waals surface area contributed by atoms with Crippen LogP contribution < -0.4 is 0 Å². The first-order chi connectivity index (χ1) is 16.4. The molecule has 4 aromatic carbocycles. The number of halogens is 5. The second kappa shape index (κ2) is 10.1. The zero-order valence-corrected chi connectivity index (χ0v) is 18.5. The van der Waals surface area contributed by atoms with Crippen LogP contribution in [0.25, 0.3) is 21.9 Å². The molecule has 0 aliphatic heterocycles. The lowest BCUT2D eigenvalue weighted by molar-refractivity contribution is 0.511. The molecule has 0 N–H and O–H groups in total. The topological polar surface area (TPSA) is 0 Å². The molecule has 0 fully saturated rings. The minimum atomic E-state index is -0.994. The van der Waals surface area contributed by atoms with Gasteiger partial charge in [-0.1, -0.05) is 49.8 Å². The van der Waals surface area contributed by atoms with Crippen molar-refractivity contribution in [3.8, 4) is 23.0 Å². The van der Waals surface area contributed by atoms with Gasteiger partial charge in [-0.05, 0) is 77.2 Å². The molecule has 0 aliphatic rings. The molecule has 5 heteroatoms. The Kier molecular flexibility index (Phi) is 6.98. The fourth-order valence-electron chi connectivity index (χ4n) is 3.83. The number of aryl methyl sites for hydroxylation is 1. The van der Waals surface area contributed by atoms with Crippen LogP contribution >= 0.6 is 0 Å². The molecule has 0 amide bonds. The molecule has 4 aromatic rings. The second-order valence-electron chi connectivity index (χ2n) is 8.16. The zero-order chi connectivity index (χ0) is 24.2. The van der Waals surface area contributed by atoms with Gasteiger partial charge < -0.3 is 0 Å². The van der Waals surface area contributed by atoms with E-state index in [0.29, 0.717) is 16.3 Å². The van der Waals surface area contributed by atoms with Gasteiger partial charge in [-0.15, -0.1) is 0 Å². The van der Waals surface area contributed by atoms with E-state index in [1.54, 1.807) is 18.2 Å². The Bertz CT molecular complexity index is 1400. The average Bonchev–Trinajstić information content (AvgIpc) is 2.79. The fraction of sp³-hybridized carbons (Fsp3) is 0.172. The first-order valence-corrected chi connectivity index (χ1v) is 11.0. The van der Waals surface area contributed by atoms with Crippen LogP contribution in [0.15, 0.2) is 60.7 Å². The fourth-order valence-corrected chi connectivity index (χ4v) is 3.83. The number of benzene rings is 4. The molecule has 0 unspecified atom stereocenters. The predicted molar refractivity (Wildman–Crippen MR) is 125 cm³/mol. The zero-order valence-electron chi connectivity index (χ0n) is 18.5. The van der Waals surface area contributed by atoms with Crippen LogP contribution in [0.2, 0.25) is 0 Å². The Morgan fingerprint density at radius 1 is 0.618 bits per heavy atom. The van der Waals surface area contributed by atoms with Gasteiger partial charge in [0.2, 0.25) is 0 Å². The van der Waals surface area contributed by atoms with Crippen molar-refractivity contribution in [2.75, 3.05) is 0 Å². The molecule has 0 saturated carbocycles. The van der Waals surface area contributed by atoms with E-state index in [9.17, 15) is 22.0 Å². The Morgan fingerprint density at radius 3 is 2.00 bits per heavy atom. The van der Waals surface area contributed by atoms with E-state index in [4.69, 9.17) is 0 Å². The third-order valence-electron chi connectivity index (χ3n) is 5.67. The molecule has 0 aromatic heterocycles. The van der Waals surface area contributed by atoms with Crippen molar-refractivity contribution in [3.05, 3.63) is 106 Å². The number of unbranched alkanes of at least 4 members (excludes halogenated alkanes) is 2. The Hall–Kier alpha value is -3.65. The highest BCUT2D eigenvalue weighted by atomic mass is 19.2. The highest BCUT2D eigenvalue weighted by Gasteiger charge is 2.14. The van der Waals surface area contributed by atoms with Crippen molar-refractivity contribution >= 4 is 10.8 Å². The SMILES string of the molecule is CCCCCc1ccc(-c2cc(F)c(C#Cc3ccc4cc(F)c(F)cc4c3)c(F)c2)c(F)c1. The Balaban J connectivity index is 1.61. The van der Waals surface area contributed by atoms with E-state index in [1.807, 2.05) is 0 Å². The summed E-state index contributed by atoms with van der Waals surface area (Å²) in [6.07, 6.45) is 3.82. The summed E-state index contributed by atoms with van der Waals surface area (Å²) in [5.74, 6) is 0.791. The molecule has 0 bridgehead atoms. The van der Waals surface area contributed by atoms with Crippen LogP contribution in [0.3, 0.4) is 0 Å². The van der Waals surface area contributed by atoms with Gasteiger partial charge in [-0.3, -0.25) is 0 Å². The van der Waals surface area contributed by atoms with Crippen molar-refractivity contribution in [3.63, 3.8) is 0 Å². The van der Waals surface area contributed by atoms with Gasteiger partial charge in [-0.2, -0.15) is 0 Å². The average molecular weight is 464 g/mol. The lowest BCUT2D eigenvalue weighted by atomic mass is 9.99. The molecule has 0 aliphatic carbocycles. The molecule has 0 spiro atoms. The molecule has 172 valence electrons. The van der Waals surface area contributed by atoms with Gasteiger partial charge in [0.15, 0.2) is 11.6 Å². The van der Waals surface area contributed by atoms with Crippen molar-refractivity contribution in [2.24, 2.45) is 0 Å². The number of hydrogen-bond acceptors (Lipinski definition) is 0. The van der Waals surface area contributed by atoms with E-state index in [0.717, 1.165) is 55.5 Å². The third-order valence-corrected chi connectivity index (χ3v) is 5.67. The smallest absolute Gasteiger partial charge is 0.159 e. The summed E-state index contributed by atoms with van der Waals surface area (Å²) >= 11 is 0. The van der Waals surface area contributed by atoms with Gasteiger partial charge in [0.05, 0.1) is 5.56 Å². The molecule has 0 saturated heterocycles. The first-order valence-electron chi connectivity index (χ1n) is 11.0. The Morgan fingerprint density at radius 2 is 1.32 bits per heavy atom. The summed E-state index contributed by atoms with van der Waals surface area (Å²) in [6, 6.07) is 13.5. The van der Waals surface area contributed by atoms with E-state index in [-0.39, 0.29) is 11.1 Å². The predicted octanol–water partition coefficient (Wildman–Crippen LogP) is 8.33. The lowest BCUT2D eigenvalue weighted by Crippen LogP contribution is -1.95. The number of hydrogen-bond donors (Lipinski definition) is 0. The van der Waals surface area contributed by atoms with E-state index in [1.165, 1.54) is 18.2 Å². The van der Waals surface area contributed by atoms with E-state index in [2.05, 4.69) is 18.8 Å². The molecule has 0 nitrogen and oxygen atoms in total. The van der Waals surface area contributed by atoms with Gasteiger partial charge in [-0.25, -0.2) is 22.0 Å². The summed E-state index contributed by atoms with van der Waals surface area (Å²) in [5.41, 5.74) is 0.967. The van der Waals surface area contributed by atoms with Crippen molar-refractivity contribution in [1.29, 1.82) is 0 Å². The number of rotatable bonds is 5. The first kappa shape index (κ1) is 23.5. The maximum Gasteiger partial charge on any atom is 0.159 e. The van der Waals surface area contributed by atoms with Crippen LogP contribution in [-0.4, -0.2) is 0 Å². The van der Waals surface area contributed by atoms with Crippen LogP contribution in [0.5, 0.6) is 0 Å². The number of fused-ring (bicyclic) bond motifs is 1. The minimum Gasteiger partial charge on any atom is -0.206 e. The molecule has 4 rings (SSSR count). The molecular formula is C29H21F5. The molecular weight excluding hydrogens is 443 g/mol. The summed E-state index contributed by atoms with van der Waals surface area (Å²) in [7, 11) is 0. The quantitative estimate of drug-likeness (QED) is 0.158. The second-order valence-corrected chi connectivity index (χ2v) is 8.16. The minimum absolute atomic E-state index is 0.0846. The summed E-state index contributed by atoms with van der Waals surface area (Å²) in [4.78, 5) is 0. The lowest BCUT2D eigenvalue weighted by Gasteiger charge is -2.08. The van der Waals surface area contributed by atoms with E-state index < -0.39 is 34.6 Å². The largest absolute Gasteiger partial charge is 0.206 e.